The second-order valence-corrected chi connectivity index (χ2v) is 5.42. The van der Waals surface area contributed by atoms with Crippen molar-refractivity contribution >= 4 is 11.8 Å². The molecule has 0 aromatic rings. The largest absolute Gasteiger partial charge is 0.390 e. The molecule has 0 aromatic carbocycles. The fraction of sp³-hybridized carbons (Fsp3) is 0.833. The summed E-state index contributed by atoms with van der Waals surface area (Å²) < 4.78 is 0. The second kappa shape index (κ2) is 3.53. The van der Waals surface area contributed by atoms with Crippen LogP contribution >= 0.6 is 0 Å². The van der Waals surface area contributed by atoms with Gasteiger partial charge in [-0.2, -0.15) is 0 Å². The number of carbonyl (C=O) groups is 2. The van der Waals surface area contributed by atoms with Crippen LogP contribution in [0.15, 0.2) is 0 Å². The summed E-state index contributed by atoms with van der Waals surface area (Å²) in [6, 6.07) is 0. The van der Waals surface area contributed by atoms with Crippen LogP contribution in [0.1, 0.15) is 19.8 Å². The first-order valence-electron chi connectivity index (χ1n) is 6.29. The van der Waals surface area contributed by atoms with Crippen LogP contribution in [-0.2, 0) is 9.59 Å². The smallest absolute Gasteiger partial charge is 0.233 e. The number of rotatable bonds is 2. The van der Waals surface area contributed by atoms with Crippen LogP contribution in [0.3, 0.4) is 0 Å². The van der Waals surface area contributed by atoms with Gasteiger partial charge >= 0.3 is 0 Å². The van der Waals surface area contributed by atoms with E-state index in [0.29, 0.717) is 13.0 Å². The Labute approximate surface area is 99.4 Å². The number of likely N-dealkylation sites (tertiary alicyclic amines) is 1. The highest BCUT2D eigenvalue weighted by atomic mass is 16.3. The van der Waals surface area contributed by atoms with Crippen molar-refractivity contribution in [3.8, 4) is 0 Å². The molecule has 1 heterocycles. The maximum Gasteiger partial charge on any atom is 0.233 e. The SMILES string of the molecule is CCCN1C(=O)[C@@H]2[C@H]3C[C@@H]([C@H](O)[C@H]3O)[C@@H]2C1=O. The number of fused-ring (bicyclic) bond motifs is 5. The molecule has 0 spiro atoms. The molecule has 2 saturated carbocycles. The topological polar surface area (TPSA) is 77.8 Å². The van der Waals surface area contributed by atoms with Crippen molar-refractivity contribution in [1.29, 1.82) is 0 Å². The molecule has 5 nitrogen and oxygen atoms in total. The normalized spacial score (nSPS) is 48.1. The van der Waals surface area contributed by atoms with E-state index in [0.717, 1.165) is 6.42 Å². The molecular weight excluding hydrogens is 222 g/mol. The van der Waals surface area contributed by atoms with Gasteiger partial charge in [-0.15, -0.1) is 0 Å². The highest BCUT2D eigenvalue weighted by molar-refractivity contribution is 6.06. The molecule has 1 saturated heterocycles. The van der Waals surface area contributed by atoms with E-state index in [-0.39, 0.29) is 35.5 Å². The molecule has 0 radical (unpaired) electrons. The molecule has 17 heavy (non-hydrogen) atoms. The van der Waals surface area contributed by atoms with E-state index in [9.17, 15) is 19.8 Å². The highest BCUT2D eigenvalue weighted by Crippen LogP contribution is 2.56. The van der Waals surface area contributed by atoms with Gasteiger partial charge in [0.25, 0.3) is 0 Å². The van der Waals surface area contributed by atoms with Crippen molar-refractivity contribution in [2.45, 2.75) is 32.0 Å². The molecule has 3 rings (SSSR count). The predicted octanol–water partition coefficient (Wildman–Crippen LogP) is -0.631. The molecule has 2 aliphatic carbocycles. The lowest BCUT2D eigenvalue weighted by molar-refractivity contribution is -0.140. The van der Waals surface area contributed by atoms with Gasteiger partial charge in [0.15, 0.2) is 0 Å². The zero-order chi connectivity index (χ0) is 12.3. The summed E-state index contributed by atoms with van der Waals surface area (Å²) in [5.41, 5.74) is 0. The van der Waals surface area contributed by atoms with Crippen LogP contribution in [-0.4, -0.2) is 45.7 Å². The molecule has 3 fully saturated rings. The molecule has 6 atom stereocenters. The van der Waals surface area contributed by atoms with Gasteiger partial charge in [-0.05, 0) is 12.8 Å². The van der Waals surface area contributed by atoms with E-state index in [4.69, 9.17) is 0 Å². The van der Waals surface area contributed by atoms with Crippen LogP contribution in [0.5, 0.6) is 0 Å². The van der Waals surface area contributed by atoms with Gasteiger partial charge < -0.3 is 10.2 Å². The Morgan fingerprint density at radius 2 is 1.59 bits per heavy atom. The standard InChI is InChI=1S/C12H17NO4/c1-2-3-13-11(16)7-5-4-6(8(7)12(13)17)10(15)9(5)14/h5-10,14-15H,2-4H2,1H3/t5-,6-,7-,8+,9+,10+/m1/s1. The fourth-order valence-corrected chi connectivity index (χ4v) is 3.94. The van der Waals surface area contributed by atoms with Gasteiger partial charge in [0.05, 0.1) is 24.0 Å². The molecule has 94 valence electrons. The first kappa shape index (κ1) is 11.2. The Morgan fingerprint density at radius 3 is 2.00 bits per heavy atom. The van der Waals surface area contributed by atoms with Gasteiger partial charge in [0.2, 0.25) is 11.8 Å². The summed E-state index contributed by atoms with van der Waals surface area (Å²) in [4.78, 5) is 25.6. The zero-order valence-electron chi connectivity index (χ0n) is 9.74. The number of aliphatic hydroxyl groups is 2. The number of aliphatic hydroxyl groups excluding tert-OH is 2. The average Bonchev–Trinajstić information content (AvgIpc) is 2.89. The molecule has 0 aromatic heterocycles. The second-order valence-electron chi connectivity index (χ2n) is 5.42. The lowest BCUT2D eigenvalue weighted by Gasteiger charge is -2.29. The van der Waals surface area contributed by atoms with Gasteiger partial charge in [-0.1, -0.05) is 6.92 Å². The minimum atomic E-state index is -0.834. The quantitative estimate of drug-likeness (QED) is 0.629. The van der Waals surface area contributed by atoms with E-state index in [1.54, 1.807) is 0 Å². The van der Waals surface area contributed by atoms with Crippen molar-refractivity contribution in [3.05, 3.63) is 0 Å². The zero-order valence-corrected chi connectivity index (χ0v) is 9.74. The van der Waals surface area contributed by atoms with E-state index in [2.05, 4.69) is 0 Å². The van der Waals surface area contributed by atoms with Crippen LogP contribution in [0.4, 0.5) is 0 Å². The van der Waals surface area contributed by atoms with E-state index in [1.807, 2.05) is 6.92 Å². The minimum absolute atomic E-state index is 0.139. The third-order valence-electron chi connectivity index (χ3n) is 4.63. The van der Waals surface area contributed by atoms with Crippen LogP contribution in [0, 0.1) is 23.7 Å². The van der Waals surface area contributed by atoms with Crippen LogP contribution in [0.2, 0.25) is 0 Å². The number of hydrogen-bond acceptors (Lipinski definition) is 4. The molecule has 2 bridgehead atoms. The minimum Gasteiger partial charge on any atom is -0.390 e. The van der Waals surface area contributed by atoms with Crippen molar-refractivity contribution in [2.24, 2.45) is 23.7 Å². The van der Waals surface area contributed by atoms with Gasteiger partial charge in [0.1, 0.15) is 0 Å². The summed E-state index contributed by atoms with van der Waals surface area (Å²) in [5, 5.41) is 19.6. The molecule has 0 unspecified atom stereocenters. The van der Waals surface area contributed by atoms with Gasteiger partial charge in [0, 0.05) is 18.4 Å². The number of nitrogens with zero attached hydrogens (tertiary/aromatic N) is 1. The highest BCUT2D eigenvalue weighted by Gasteiger charge is 2.66. The van der Waals surface area contributed by atoms with E-state index < -0.39 is 12.2 Å². The van der Waals surface area contributed by atoms with Crippen LogP contribution in [0.25, 0.3) is 0 Å². The molecule has 2 amide bonds. The summed E-state index contributed by atoms with van der Waals surface area (Å²) >= 11 is 0. The summed E-state index contributed by atoms with van der Waals surface area (Å²) in [6.07, 6.45) is -0.314. The molecular formula is C12H17NO4. The summed E-state index contributed by atoms with van der Waals surface area (Å²) in [7, 11) is 0. The van der Waals surface area contributed by atoms with Crippen LogP contribution < -0.4 is 0 Å². The number of amides is 2. The monoisotopic (exact) mass is 239 g/mol. The lowest BCUT2D eigenvalue weighted by atomic mass is 9.78. The van der Waals surface area contributed by atoms with Gasteiger partial charge in [-0.25, -0.2) is 0 Å². The Balaban J connectivity index is 1.92. The third kappa shape index (κ3) is 1.21. The Kier molecular flexibility index (Phi) is 2.32. The first-order valence-corrected chi connectivity index (χ1v) is 6.29. The lowest BCUT2D eigenvalue weighted by Crippen LogP contribution is -2.43. The Bertz CT molecular complexity index is 351. The average molecular weight is 239 g/mol. The third-order valence-corrected chi connectivity index (χ3v) is 4.63. The Morgan fingerprint density at radius 1 is 1.12 bits per heavy atom. The first-order chi connectivity index (χ1) is 8.07. The number of carbonyl (C=O) groups excluding carboxylic acids is 2. The molecule has 1 aliphatic heterocycles. The van der Waals surface area contributed by atoms with Crippen molar-refractivity contribution in [3.63, 3.8) is 0 Å². The van der Waals surface area contributed by atoms with Crippen molar-refractivity contribution in [1.82, 2.24) is 4.90 Å². The predicted molar refractivity (Wildman–Crippen MR) is 57.6 cm³/mol. The Hall–Kier alpha value is -0.940. The van der Waals surface area contributed by atoms with E-state index >= 15 is 0 Å². The maximum atomic E-state index is 12.1. The fourth-order valence-electron chi connectivity index (χ4n) is 3.94. The molecule has 3 aliphatic rings. The maximum absolute atomic E-state index is 12.1. The molecule has 5 heteroatoms. The van der Waals surface area contributed by atoms with Gasteiger partial charge in [-0.3, -0.25) is 14.5 Å². The molecule has 2 N–H and O–H groups in total. The summed E-state index contributed by atoms with van der Waals surface area (Å²) in [5.74, 6) is -1.48. The van der Waals surface area contributed by atoms with Crippen molar-refractivity contribution < 1.29 is 19.8 Å². The number of imide groups is 1. The van der Waals surface area contributed by atoms with E-state index in [1.165, 1.54) is 4.90 Å². The summed E-state index contributed by atoms with van der Waals surface area (Å²) in [6.45, 7) is 2.38. The van der Waals surface area contributed by atoms with Crippen molar-refractivity contribution in [2.75, 3.05) is 6.54 Å². The number of hydrogen-bond donors (Lipinski definition) is 2.